The Morgan fingerprint density at radius 2 is 1.84 bits per heavy atom. The molecule has 0 fully saturated rings. The van der Waals surface area contributed by atoms with Crippen LogP contribution in [0.5, 0.6) is 11.5 Å². The second-order valence-corrected chi connectivity index (χ2v) is 10.2. The van der Waals surface area contributed by atoms with Crippen molar-refractivity contribution >= 4 is 44.7 Å². The number of nitrogens with one attached hydrogen (secondary N) is 1. The summed E-state index contributed by atoms with van der Waals surface area (Å²) < 4.78 is 33.1. The Bertz CT molecular complexity index is 1180. The lowest BCUT2D eigenvalue weighted by atomic mass is 10.2. The number of hydrogen-bond acceptors (Lipinski definition) is 8. The van der Waals surface area contributed by atoms with Crippen LogP contribution in [0.2, 0.25) is 0 Å². The van der Waals surface area contributed by atoms with Gasteiger partial charge >= 0.3 is 0 Å². The first-order valence-electron chi connectivity index (χ1n) is 9.47. The lowest BCUT2D eigenvalue weighted by molar-refractivity contribution is -0.115. The van der Waals surface area contributed by atoms with Crippen LogP contribution in [0, 0.1) is 0 Å². The molecule has 0 radical (unpaired) electrons. The zero-order valence-electron chi connectivity index (χ0n) is 17.5. The van der Waals surface area contributed by atoms with E-state index in [9.17, 15) is 13.2 Å². The molecule has 0 saturated carbocycles. The van der Waals surface area contributed by atoms with E-state index >= 15 is 0 Å². The number of thioether (sulfide) groups is 1. The number of anilines is 1. The Labute approximate surface area is 195 Å². The molecule has 32 heavy (non-hydrogen) atoms. The summed E-state index contributed by atoms with van der Waals surface area (Å²) in [5.41, 5.74) is 2.42. The first kappa shape index (κ1) is 24.1. The van der Waals surface area contributed by atoms with Crippen molar-refractivity contribution in [3.8, 4) is 22.1 Å². The average Bonchev–Trinajstić information content (AvgIpc) is 3.25. The van der Waals surface area contributed by atoms with Gasteiger partial charge in [0.15, 0.2) is 11.5 Å². The van der Waals surface area contributed by atoms with Gasteiger partial charge in [-0.2, -0.15) is 11.8 Å². The summed E-state index contributed by atoms with van der Waals surface area (Å²) in [5.74, 6) is 2.50. The summed E-state index contributed by atoms with van der Waals surface area (Å²) in [6.45, 7) is 0. The number of amides is 1. The summed E-state index contributed by atoms with van der Waals surface area (Å²) in [6.07, 6.45) is 0.328. The quantitative estimate of drug-likeness (QED) is 0.413. The lowest BCUT2D eigenvalue weighted by Gasteiger charge is -2.08. The lowest BCUT2D eigenvalue weighted by Crippen LogP contribution is -2.14. The van der Waals surface area contributed by atoms with E-state index in [4.69, 9.17) is 14.6 Å². The van der Waals surface area contributed by atoms with Crippen molar-refractivity contribution in [3.63, 3.8) is 0 Å². The number of carbonyl (C=O) groups excluding carboxylic acids is 1. The Kier molecular flexibility index (Phi) is 8.13. The highest BCUT2D eigenvalue weighted by Crippen LogP contribution is 2.34. The second kappa shape index (κ2) is 10.8. The molecule has 0 atom stereocenters. The molecule has 3 rings (SSSR count). The Morgan fingerprint density at radius 3 is 2.50 bits per heavy atom. The summed E-state index contributed by atoms with van der Waals surface area (Å²) >= 11 is 3.17. The van der Waals surface area contributed by atoms with Gasteiger partial charge in [0.05, 0.1) is 24.8 Å². The van der Waals surface area contributed by atoms with Gasteiger partial charge in [-0.1, -0.05) is 0 Å². The molecule has 0 unspecified atom stereocenters. The molecular weight excluding hydrogens is 470 g/mol. The van der Waals surface area contributed by atoms with E-state index in [2.05, 4.69) is 10.3 Å². The fraction of sp³-hybridized carbons (Fsp3) is 0.238. The number of hydrogen-bond donors (Lipinski definition) is 2. The van der Waals surface area contributed by atoms with E-state index in [1.807, 2.05) is 23.6 Å². The maximum atomic E-state index is 12.1. The molecule has 3 N–H and O–H groups in total. The van der Waals surface area contributed by atoms with Crippen molar-refractivity contribution in [1.82, 2.24) is 4.98 Å². The van der Waals surface area contributed by atoms with Crippen molar-refractivity contribution in [2.45, 2.75) is 17.1 Å². The van der Waals surface area contributed by atoms with Gasteiger partial charge in [0, 0.05) is 34.6 Å². The van der Waals surface area contributed by atoms with Crippen LogP contribution in [0.4, 0.5) is 5.69 Å². The molecule has 8 nitrogen and oxygen atoms in total. The molecule has 3 aromatic rings. The minimum Gasteiger partial charge on any atom is -0.493 e. The first-order valence-corrected chi connectivity index (χ1v) is 13.1. The van der Waals surface area contributed by atoms with Gasteiger partial charge in [0.2, 0.25) is 15.9 Å². The summed E-state index contributed by atoms with van der Waals surface area (Å²) in [6, 6.07) is 11.4. The SMILES string of the molecule is COc1ccc(-c2nc(CSCCC(=O)Nc3ccc(S(N)(=O)=O)cc3)cs2)cc1OC. The van der Waals surface area contributed by atoms with Crippen molar-refractivity contribution in [3.05, 3.63) is 53.5 Å². The number of sulfonamides is 1. The van der Waals surface area contributed by atoms with Gasteiger partial charge in [0.1, 0.15) is 5.01 Å². The third-order valence-electron chi connectivity index (χ3n) is 4.37. The third kappa shape index (κ3) is 6.45. The second-order valence-electron chi connectivity index (χ2n) is 6.63. The summed E-state index contributed by atoms with van der Waals surface area (Å²) in [5, 5.41) is 10.7. The van der Waals surface area contributed by atoms with E-state index < -0.39 is 10.0 Å². The zero-order chi connectivity index (χ0) is 23.1. The molecule has 1 heterocycles. The molecule has 0 aliphatic rings. The maximum Gasteiger partial charge on any atom is 0.238 e. The van der Waals surface area contributed by atoms with E-state index in [0.29, 0.717) is 35.1 Å². The molecule has 1 aromatic heterocycles. The number of carbonyl (C=O) groups is 1. The topological polar surface area (TPSA) is 121 Å². The Morgan fingerprint density at radius 1 is 1.12 bits per heavy atom. The fourth-order valence-electron chi connectivity index (χ4n) is 2.77. The highest BCUT2D eigenvalue weighted by molar-refractivity contribution is 7.98. The third-order valence-corrected chi connectivity index (χ3v) is 7.23. The molecule has 2 aromatic carbocycles. The molecule has 0 spiro atoms. The van der Waals surface area contributed by atoms with Gasteiger partial charge in [-0.15, -0.1) is 11.3 Å². The normalized spacial score (nSPS) is 11.2. The molecule has 0 aliphatic heterocycles. The van der Waals surface area contributed by atoms with Gasteiger partial charge in [-0.3, -0.25) is 4.79 Å². The highest BCUT2D eigenvalue weighted by atomic mass is 32.2. The number of methoxy groups -OCH3 is 2. The molecule has 170 valence electrons. The fourth-order valence-corrected chi connectivity index (χ4v) is 5.04. The number of rotatable bonds is 10. The van der Waals surface area contributed by atoms with Gasteiger partial charge in [0.25, 0.3) is 0 Å². The van der Waals surface area contributed by atoms with Gasteiger partial charge in [-0.05, 0) is 42.5 Å². The molecule has 0 saturated heterocycles. The Hall–Kier alpha value is -2.60. The van der Waals surface area contributed by atoms with Crippen LogP contribution < -0.4 is 19.9 Å². The molecule has 1 amide bonds. The van der Waals surface area contributed by atoms with Crippen molar-refractivity contribution in [2.24, 2.45) is 5.14 Å². The standard InChI is InChI=1S/C21H23N3O5S3/c1-28-18-8-3-14(11-19(18)29-2)21-24-16(13-31-21)12-30-10-9-20(25)23-15-4-6-17(7-5-15)32(22,26)27/h3-8,11,13H,9-10,12H2,1-2H3,(H,23,25)(H2,22,26,27). The first-order chi connectivity index (χ1) is 15.3. The smallest absolute Gasteiger partial charge is 0.238 e. The van der Waals surface area contributed by atoms with Crippen LogP contribution in [0.1, 0.15) is 12.1 Å². The van der Waals surface area contributed by atoms with Crippen LogP contribution in [0.15, 0.2) is 52.7 Å². The Balaban J connectivity index is 1.46. The number of nitrogens with two attached hydrogens (primary N) is 1. The number of nitrogens with zero attached hydrogens (tertiary/aromatic N) is 1. The molecular formula is C21H23N3O5S3. The summed E-state index contributed by atoms with van der Waals surface area (Å²) in [4.78, 5) is 16.8. The minimum absolute atomic E-state index is 0.00164. The largest absolute Gasteiger partial charge is 0.493 e. The molecule has 0 aliphatic carbocycles. The van der Waals surface area contributed by atoms with Crippen LogP contribution in [0.3, 0.4) is 0 Å². The monoisotopic (exact) mass is 493 g/mol. The predicted molar refractivity (Wildman–Crippen MR) is 128 cm³/mol. The number of aromatic nitrogens is 1. The van der Waals surface area contributed by atoms with Crippen molar-refractivity contribution in [1.29, 1.82) is 0 Å². The van der Waals surface area contributed by atoms with Crippen LogP contribution in [-0.2, 0) is 20.6 Å². The van der Waals surface area contributed by atoms with Crippen molar-refractivity contribution in [2.75, 3.05) is 25.3 Å². The van der Waals surface area contributed by atoms with Gasteiger partial charge < -0.3 is 14.8 Å². The van der Waals surface area contributed by atoms with Gasteiger partial charge in [-0.25, -0.2) is 18.5 Å². The van der Waals surface area contributed by atoms with E-state index in [-0.39, 0.29) is 10.8 Å². The summed E-state index contributed by atoms with van der Waals surface area (Å²) in [7, 11) is -0.552. The minimum atomic E-state index is -3.75. The average molecular weight is 494 g/mol. The number of thiazole rings is 1. The maximum absolute atomic E-state index is 12.1. The van der Waals surface area contributed by atoms with E-state index in [1.54, 1.807) is 37.3 Å². The van der Waals surface area contributed by atoms with E-state index in [1.165, 1.54) is 24.3 Å². The molecule has 11 heteroatoms. The molecule has 0 bridgehead atoms. The highest BCUT2D eigenvalue weighted by Gasteiger charge is 2.11. The van der Waals surface area contributed by atoms with Crippen LogP contribution >= 0.6 is 23.1 Å². The predicted octanol–water partition coefficient (Wildman–Crippen LogP) is 3.74. The number of ether oxygens (including phenoxy) is 2. The number of benzene rings is 2. The van der Waals surface area contributed by atoms with Crippen LogP contribution in [-0.4, -0.2) is 39.3 Å². The van der Waals surface area contributed by atoms with Crippen molar-refractivity contribution < 1.29 is 22.7 Å². The van der Waals surface area contributed by atoms with E-state index in [0.717, 1.165) is 16.3 Å². The van der Waals surface area contributed by atoms with Crippen LogP contribution in [0.25, 0.3) is 10.6 Å². The zero-order valence-corrected chi connectivity index (χ0v) is 20.0. The number of primary sulfonamides is 1.